The van der Waals surface area contributed by atoms with E-state index in [9.17, 15) is 14.0 Å². The van der Waals surface area contributed by atoms with Gasteiger partial charge in [-0.15, -0.1) is 0 Å². The van der Waals surface area contributed by atoms with Crippen LogP contribution in [0.3, 0.4) is 0 Å². The lowest BCUT2D eigenvalue weighted by Gasteiger charge is -2.33. The van der Waals surface area contributed by atoms with Crippen molar-refractivity contribution in [1.82, 2.24) is 20.4 Å². The van der Waals surface area contributed by atoms with Crippen molar-refractivity contribution in [2.45, 2.75) is 50.5 Å². The number of hydrogen-bond donors (Lipinski definition) is 2. The van der Waals surface area contributed by atoms with Crippen molar-refractivity contribution in [3.05, 3.63) is 71.5 Å². The molecule has 2 aromatic rings. The largest absolute Gasteiger partial charge is 0.353 e. The molecule has 0 saturated carbocycles. The summed E-state index contributed by atoms with van der Waals surface area (Å²) < 4.78 is 13.2. The van der Waals surface area contributed by atoms with Gasteiger partial charge in [0.1, 0.15) is 11.9 Å². The van der Waals surface area contributed by atoms with E-state index in [2.05, 4.69) is 27.5 Å². The van der Waals surface area contributed by atoms with Crippen LogP contribution in [0.5, 0.6) is 0 Å². The molecule has 32 heavy (non-hydrogen) atoms. The number of fused-ring (bicyclic) bond motifs is 1. The normalized spacial score (nSPS) is 23.9. The fourth-order valence-electron chi connectivity index (χ4n) is 4.83. The minimum absolute atomic E-state index is 0.0266. The Morgan fingerprint density at radius 2 is 1.88 bits per heavy atom. The predicted octanol–water partition coefficient (Wildman–Crippen LogP) is 2.30. The summed E-state index contributed by atoms with van der Waals surface area (Å²) in [6, 6.07) is 16.3. The average molecular weight is 439 g/mol. The fraction of sp³-hybridized carbons (Fsp3) is 0.440. The molecule has 0 spiro atoms. The number of hydrogen-bond acceptors (Lipinski definition) is 4. The maximum atomic E-state index is 13.2. The number of nitrogens with one attached hydrogen (secondary N) is 2. The van der Waals surface area contributed by atoms with Gasteiger partial charge in [0.25, 0.3) is 0 Å². The molecule has 3 unspecified atom stereocenters. The van der Waals surface area contributed by atoms with Gasteiger partial charge in [-0.05, 0) is 43.1 Å². The van der Waals surface area contributed by atoms with E-state index in [1.807, 2.05) is 30.3 Å². The molecule has 6 nitrogen and oxygen atoms in total. The Balaban J connectivity index is 1.32. The van der Waals surface area contributed by atoms with E-state index in [0.717, 1.165) is 24.1 Å². The van der Waals surface area contributed by atoms with Crippen LogP contribution in [0.1, 0.15) is 30.4 Å². The molecule has 2 saturated heterocycles. The minimum atomic E-state index is -0.254. The molecule has 2 aliphatic rings. The van der Waals surface area contributed by atoms with Gasteiger partial charge in [0.2, 0.25) is 11.8 Å². The summed E-state index contributed by atoms with van der Waals surface area (Å²) >= 11 is 0. The molecular formula is C25H31FN4O2. The zero-order valence-electron chi connectivity index (χ0n) is 18.5. The van der Waals surface area contributed by atoms with E-state index in [1.54, 1.807) is 12.1 Å². The van der Waals surface area contributed by atoms with Gasteiger partial charge in [0.15, 0.2) is 0 Å². The van der Waals surface area contributed by atoms with Crippen molar-refractivity contribution in [2.75, 3.05) is 20.1 Å². The second-order valence-electron chi connectivity index (χ2n) is 8.76. The van der Waals surface area contributed by atoms with Gasteiger partial charge < -0.3 is 10.6 Å². The predicted molar refractivity (Wildman–Crippen MR) is 121 cm³/mol. The Bertz CT molecular complexity index is 921. The van der Waals surface area contributed by atoms with Crippen LogP contribution in [-0.2, 0) is 22.7 Å². The maximum Gasteiger partial charge on any atom is 0.239 e. The number of halogens is 1. The average Bonchev–Trinajstić information content (AvgIpc) is 3.18. The molecule has 2 amide bonds. The van der Waals surface area contributed by atoms with Crippen LogP contribution >= 0.6 is 0 Å². The molecule has 2 aliphatic heterocycles. The highest BCUT2D eigenvalue weighted by Crippen LogP contribution is 2.28. The van der Waals surface area contributed by atoms with E-state index < -0.39 is 0 Å². The van der Waals surface area contributed by atoms with Crippen LogP contribution in [0.15, 0.2) is 54.6 Å². The molecule has 2 heterocycles. The number of rotatable bonds is 7. The smallest absolute Gasteiger partial charge is 0.239 e. The molecule has 2 N–H and O–H groups in total. The number of carbonyl (C=O) groups excluding carboxylic acids is 2. The van der Waals surface area contributed by atoms with Crippen molar-refractivity contribution in [3.8, 4) is 0 Å². The van der Waals surface area contributed by atoms with Gasteiger partial charge in [-0.2, -0.15) is 0 Å². The lowest BCUT2D eigenvalue weighted by Crippen LogP contribution is -2.49. The molecule has 2 aromatic carbocycles. The summed E-state index contributed by atoms with van der Waals surface area (Å²) in [5, 5.41) is 6.07. The Labute approximate surface area is 188 Å². The second-order valence-corrected chi connectivity index (χ2v) is 8.76. The zero-order valence-corrected chi connectivity index (χ0v) is 18.5. The summed E-state index contributed by atoms with van der Waals surface area (Å²) in [7, 11) is 2.06. The zero-order chi connectivity index (χ0) is 22.5. The van der Waals surface area contributed by atoms with Crippen LogP contribution in [0.2, 0.25) is 0 Å². The third kappa shape index (κ3) is 5.34. The second kappa shape index (κ2) is 10.2. The first-order valence-corrected chi connectivity index (χ1v) is 11.3. The van der Waals surface area contributed by atoms with Gasteiger partial charge in [-0.25, -0.2) is 4.39 Å². The topological polar surface area (TPSA) is 64.7 Å². The molecule has 2 fully saturated rings. The number of likely N-dealkylation sites (tertiary alicyclic amines) is 1. The molecular weight excluding hydrogens is 407 g/mol. The molecule has 0 aliphatic carbocycles. The molecule has 0 bridgehead atoms. The van der Waals surface area contributed by atoms with Crippen molar-refractivity contribution >= 4 is 11.8 Å². The first kappa shape index (κ1) is 22.4. The van der Waals surface area contributed by atoms with E-state index in [0.29, 0.717) is 32.5 Å². The van der Waals surface area contributed by atoms with Crippen molar-refractivity contribution < 1.29 is 14.0 Å². The summed E-state index contributed by atoms with van der Waals surface area (Å²) in [5.74, 6) is -0.188. The standard InChI is InChI=1S/C25H31FN4O2/c1-29-21(11-12-23(31)27-15-18-5-3-2-4-6-18)16-28-25(32)24-22(29)13-14-30(24)17-19-7-9-20(26)10-8-19/h2-10,21-22,24H,11-17H2,1H3,(H,27,31)(H,28,32). The monoisotopic (exact) mass is 438 g/mol. The van der Waals surface area contributed by atoms with Gasteiger partial charge in [-0.3, -0.25) is 19.4 Å². The van der Waals surface area contributed by atoms with Crippen LogP contribution in [0.25, 0.3) is 0 Å². The first-order chi connectivity index (χ1) is 15.5. The lowest BCUT2D eigenvalue weighted by atomic mass is 10.0. The molecule has 4 rings (SSSR count). The number of benzene rings is 2. The highest BCUT2D eigenvalue weighted by atomic mass is 19.1. The quantitative estimate of drug-likeness (QED) is 0.696. The van der Waals surface area contributed by atoms with Gasteiger partial charge in [0, 0.05) is 44.7 Å². The van der Waals surface area contributed by atoms with Crippen LogP contribution in [0.4, 0.5) is 4.39 Å². The maximum absolute atomic E-state index is 13.2. The fourth-order valence-corrected chi connectivity index (χ4v) is 4.83. The third-order valence-electron chi connectivity index (χ3n) is 6.69. The van der Waals surface area contributed by atoms with Crippen LogP contribution < -0.4 is 10.6 Å². The van der Waals surface area contributed by atoms with Crippen LogP contribution in [-0.4, -0.2) is 59.9 Å². The van der Waals surface area contributed by atoms with E-state index in [4.69, 9.17) is 0 Å². The van der Waals surface area contributed by atoms with Gasteiger partial charge >= 0.3 is 0 Å². The number of nitrogens with zero attached hydrogens (tertiary/aromatic N) is 2. The minimum Gasteiger partial charge on any atom is -0.353 e. The first-order valence-electron chi connectivity index (χ1n) is 11.3. The highest BCUT2D eigenvalue weighted by Gasteiger charge is 2.44. The van der Waals surface area contributed by atoms with Crippen LogP contribution in [0, 0.1) is 5.82 Å². The number of carbonyl (C=O) groups is 2. The Morgan fingerprint density at radius 1 is 1.12 bits per heavy atom. The van der Waals surface area contributed by atoms with Crippen molar-refractivity contribution in [3.63, 3.8) is 0 Å². The van der Waals surface area contributed by atoms with E-state index in [1.165, 1.54) is 12.1 Å². The summed E-state index contributed by atoms with van der Waals surface area (Å²) in [4.78, 5) is 29.7. The summed E-state index contributed by atoms with van der Waals surface area (Å²) in [5.41, 5.74) is 2.08. The van der Waals surface area contributed by atoms with E-state index in [-0.39, 0.29) is 35.8 Å². The molecule has 3 atom stereocenters. The van der Waals surface area contributed by atoms with E-state index >= 15 is 0 Å². The Morgan fingerprint density at radius 3 is 2.62 bits per heavy atom. The Hall–Kier alpha value is -2.77. The molecule has 7 heteroatoms. The Kier molecular flexibility index (Phi) is 7.17. The SMILES string of the molecule is CN1C(CCC(=O)NCc2ccccc2)CNC(=O)C2C1CCN2Cc1ccc(F)cc1. The molecule has 0 radical (unpaired) electrons. The van der Waals surface area contributed by atoms with Gasteiger partial charge in [0.05, 0.1) is 0 Å². The molecule has 0 aromatic heterocycles. The van der Waals surface area contributed by atoms with Crippen molar-refractivity contribution in [2.24, 2.45) is 0 Å². The third-order valence-corrected chi connectivity index (χ3v) is 6.69. The highest BCUT2D eigenvalue weighted by molar-refractivity contribution is 5.83. The molecule has 170 valence electrons. The van der Waals surface area contributed by atoms with Crippen molar-refractivity contribution in [1.29, 1.82) is 0 Å². The number of likely N-dealkylation sites (N-methyl/N-ethyl adjacent to an activating group) is 1. The number of amides is 2. The lowest BCUT2D eigenvalue weighted by molar-refractivity contribution is -0.126. The van der Waals surface area contributed by atoms with Gasteiger partial charge in [-0.1, -0.05) is 42.5 Å². The summed E-state index contributed by atoms with van der Waals surface area (Å²) in [6.07, 6.45) is 2.01. The summed E-state index contributed by atoms with van der Waals surface area (Å²) in [6.45, 7) is 2.50.